The third-order valence-electron chi connectivity index (χ3n) is 2.47. The lowest BCUT2D eigenvalue weighted by atomic mass is 10.2. The van der Waals surface area contributed by atoms with Crippen LogP contribution in [0.1, 0.15) is 26.0 Å². The third-order valence-corrected chi connectivity index (χ3v) is 2.65. The van der Waals surface area contributed by atoms with E-state index in [9.17, 15) is 0 Å². The molecule has 0 radical (unpaired) electrons. The smallest absolute Gasteiger partial charge is 0.0492 e. The van der Waals surface area contributed by atoms with Crippen LogP contribution in [0.15, 0.2) is 12.3 Å². The molecule has 0 aliphatic rings. The van der Waals surface area contributed by atoms with E-state index in [4.69, 9.17) is 11.6 Å². The molecule has 0 aliphatic carbocycles. The van der Waals surface area contributed by atoms with Crippen molar-refractivity contribution in [2.24, 2.45) is 7.05 Å². The van der Waals surface area contributed by atoms with Crippen LogP contribution >= 0.6 is 11.6 Å². The summed E-state index contributed by atoms with van der Waals surface area (Å²) in [5.74, 6) is 0. The summed E-state index contributed by atoms with van der Waals surface area (Å²) in [6.07, 6.45) is 3.85. The molecule has 1 aromatic rings. The molecule has 0 aliphatic heterocycles. The molecule has 0 amide bonds. The number of aromatic nitrogens is 2. The number of nitrogens with zero attached hydrogens (tertiary/aromatic N) is 2. The Bertz CT molecular complexity index is 283. The van der Waals surface area contributed by atoms with Crippen LogP contribution in [0.25, 0.3) is 0 Å². The summed E-state index contributed by atoms with van der Waals surface area (Å²) in [4.78, 5) is 0. The number of halogens is 1. The molecule has 0 fully saturated rings. The molecule has 1 aromatic heterocycles. The quantitative estimate of drug-likeness (QED) is 0.756. The average molecular weight is 230 g/mol. The second-order valence-corrected chi connectivity index (χ2v) is 4.81. The number of hydrogen-bond donors (Lipinski definition) is 1. The van der Waals surface area contributed by atoms with E-state index in [0.29, 0.717) is 6.04 Å². The summed E-state index contributed by atoms with van der Waals surface area (Å²) in [7, 11) is 1.97. The van der Waals surface area contributed by atoms with Gasteiger partial charge in [0.25, 0.3) is 0 Å². The predicted octanol–water partition coefficient (Wildman–Crippen LogP) is 1.96. The van der Waals surface area contributed by atoms with Crippen molar-refractivity contribution in [1.29, 1.82) is 0 Å². The van der Waals surface area contributed by atoms with E-state index in [2.05, 4.69) is 23.4 Å². The van der Waals surface area contributed by atoms with Gasteiger partial charge in [-0.2, -0.15) is 5.10 Å². The molecule has 0 bridgehead atoms. The van der Waals surface area contributed by atoms with Crippen LogP contribution in [0.3, 0.4) is 0 Å². The van der Waals surface area contributed by atoms with Crippen molar-refractivity contribution >= 4 is 11.6 Å². The van der Waals surface area contributed by atoms with Gasteiger partial charge < -0.3 is 5.32 Å². The normalized spacial score (nSPS) is 15.2. The van der Waals surface area contributed by atoms with Crippen molar-refractivity contribution in [2.75, 3.05) is 6.54 Å². The number of rotatable bonds is 6. The van der Waals surface area contributed by atoms with E-state index in [1.54, 1.807) is 0 Å². The van der Waals surface area contributed by atoms with Gasteiger partial charge in [-0.05, 0) is 26.3 Å². The maximum atomic E-state index is 5.92. The molecule has 1 heterocycles. The summed E-state index contributed by atoms with van der Waals surface area (Å²) >= 11 is 5.92. The first-order chi connectivity index (χ1) is 7.09. The van der Waals surface area contributed by atoms with Gasteiger partial charge in [-0.3, -0.25) is 4.68 Å². The summed E-state index contributed by atoms with van der Waals surface area (Å²) in [6.45, 7) is 5.17. The maximum absolute atomic E-state index is 5.92. The zero-order valence-corrected chi connectivity index (χ0v) is 10.5. The van der Waals surface area contributed by atoms with Gasteiger partial charge in [-0.15, -0.1) is 11.6 Å². The fourth-order valence-corrected chi connectivity index (χ4v) is 1.93. The molecule has 3 nitrogen and oxygen atoms in total. The Labute approximate surface area is 96.8 Å². The Hall–Kier alpha value is -0.540. The maximum Gasteiger partial charge on any atom is 0.0492 e. The third kappa shape index (κ3) is 4.67. The lowest BCUT2D eigenvalue weighted by molar-refractivity contribution is 0.509. The first-order valence-corrected chi connectivity index (χ1v) is 5.87. The second-order valence-electron chi connectivity index (χ2n) is 4.07. The first-order valence-electron chi connectivity index (χ1n) is 5.44. The van der Waals surface area contributed by atoms with E-state index < -0.39 is 0 Å². The zero-order chi connectivity index (χ0) is 11.3. The molecule has 2 unspecified atom stereocenters. The highest BCUT2D eigenvalue weighted by molar-refractivity contribution is 6.20. The van der Waals surface area contributed by atoms with Crippen LogP contribution in [0.2, 0.25) is 0 Å². The summed E-state index contributed by atoms with van der Waals surface area (Å²) in [5, 5.41) is 7.82. The number of alkyl halides is 1. The van der Waals surface area contributed by atoms with Crippen molar-refractivity contribution in [3.63, 3.8) is 0 Å². The minimum absolute atomic E-state index is 0.240. The van der Waals surface area contributed by atoms with Gasteiger partial charge in [0.2, 0.25) is 0 Å². The van der Waals surface area contributed by atoms with Crippen molar-refractivity contribution in [2.45, 2.75) is 38.1 Å². The van der Waals surface area contributed by atoms with E-state index in [0.717, 1.165) is 19.4 Å². The molecular formula is C11H20ClN3. The Morgan fingerprint density at radius 1 is 1.53 bits per heavy atom. The molecule has 0 aromatic carbocycles. The summed E-state index contributed by atoms with van der Waals surface area (Å²) < 4.78 is 1.91. The molecule has 15 heavy (non-hydrogen) atoms. The lowest BCUT2D eigenvalue weighted by Crippen LogP contribution is -2.30. The van der Waals surface area contributed by atoms with Gasteiger partial charge in [0.1, 0.15) is 0 Å². The highest BCUT2D eigenvalue weighted by Crippen LogP contribution is 2.04. The summed E-state index contributed by atoms with van der Waals surface area (Å²) in [5.41, 5.74) is 1.26. The van der Waals surface area contributed by atoms with Gasteiger partial charge in [-0.1, -0.05) is 0 Å². The standard InChI is InChI=1S/C11H20ClN3/c1-9(12)8-10(2)13-6-4-11-5-7-14-15(11)3/h5,7,9-10,13H,4,6,8H2,1-3H3. The zero-order valence-electron chi connectivity index (χ0n) is 9.70. The van der Waals surface area contributed by atoms with Crippen LogP contribution in [-0.4, -0.2) is 27.7 Å². The monoisotopic (exact) mass is 229 g/mol. The Morgan fingerprint density at radius 3 is 2.80 bits per heavy atom. The molecule has 0 spiro atoms. The molecule has 0 saturated heterocycles. The van der Waals surface area contributed by atoms with Crippen molar-refractivity contribution < 1.29 is 0 Å². The summed E-state index contributed by atoms with van der Waals surface area (Å²) in [6, 6.07) is 2.53. The Kier molecular flexibility index (Phi) is 5.12. The van der Waals surface area contributed by atoms with Gasteiger partial charge in [0.15, 0.2) is 0 Å². The topological polar surface area (TPSA) is 29.9 Å². The Morgan fingerprint density at radius 2 is 2.27 bits per heavy atom. The predicted molar refractivity (Wildman–Crippen MR) is 64.3 cm³/mol. The van der Waals surface area contributed by atoms with Crippen LogP contribution in [0, 0.1) is 0 Å². The molecule has 86 valence electrons. The highest BCUT2D eigenvalue weighted by atomic mass is 35.5. The minimum atomic E-state index is 0.240. The fraction of sp³-hybridized carbons (Fsp3) is 0.727. The highest BCUT2D eigenvalue weighted by Gasteiger charge is 2.05. The van der Waals surface area contributed by atoms with Crippen LogP contribution in [0.5, 0.6) is 0 Å². The van der Waals surface area contributed by atoms with Gasteiger partial charge in [0.05, 0.1) is 0 Å². The van der Waals surface area contributed by atoms with Gasteiger partial charge in [-0.25, -0.2) is 0 Å². The van der Waals surface area contributed by atoms with Gasteiger partial charge >= 0.3 is 0 Å². The molecule has 2 atom stereocenters. The number of hydrogen-bond acceptors (Lipinski definition) is 2. The van der Waals surface area contributed by atoms with Crippen LogP contribution < -0.4 is 5.32 Å². The van der Waals surface area contributed by atoms with Crippen LogP contribution in [0.4, 0.5) is 0 Å². The van der Waals surface area contributed by atoms with Crippen molar-refractivity contribution in [3.05, 3.63) is 18.0 Å². The molecule has 1 N–H and O–H groups in total. The fourth-order valence-electron chi connectivity index (χ4n) is 1.66. The van der Waals surface area contributed by atoms with E-state index in [1.165, 1.54) is 5.69 Å². The van der Waals surface area contributed by atoms with E-state index in [-0.39, 0.29) is 5.38 Å². The number of nitrogens with one attached hydrogen (secondary N) is 1. The van der Waals surface area contributed by atoms with Crippen molar-refractivity contribution in [3.8, 4) is 0 Å². The Balaban J connectivity index is 2.19. The largest absolute Gasteiger partial charge is 0.314 e. The van der Waals surface area contributed by atoms with E-state index >= 15 is 0 Å². The van der Waals surface area contributed by atoms with Crippen molar-refractivity contribution in [1.82, 2.24) is 15.1 Å². The average Bonchev–Trinajstić information content (AvgIpc) is 2.50. The molecule has 1 rings (SSSR count). The molecular weight excluding hydrogens is 210 g/mol. The van der Waals surface area contributed by atoms with Gasteiger partial charge in [0, 0.05) is 43.3 Å². The minimum Gasteiger partial charge on any atom is -0.314 e. The number of aryl methyl sites for hydroxylation is 1. The van der Waals surface area contributed by atoms with Crippen LogP contribution in [-0.2, 0) is 13.5 Å². The lowest BCUT2D eigenvalue weighted by Gasteiger charge is -2.14. The first kappa shape index (κ1) is 12.5. The SMILES string of the molecule is CC(Cl)CC(C)NCCc1ccnn1C. The van der Waals surface area contributed by atoms with E-state index in [1.807, 2.05) is 24.9 Å². The molecule has 0 saturated carbocycles. The second kappa shape index (κ2) is 6.13. The molecule has 4 heteroatoms.